The molecule has 3 rings (SSSR count). The molecule has 1 aromatic rings. The zero-order chi connectivity index (χ0) is 13.4. The van der Waals surface area contributed by atoms with Gasteiger partial charge in [-0.2, -0.15) is 0 Å². The fraction of sp³-hybridized carbons (Fsp3) is 0.562. The Morgan fingerprint density at radius 2 is 2.00 bits per heavy atom. The molecule has 1 N–H and O–H groups in total. The van der Waals surface area contributed by atoms with Gasteiger partial charge in [0.05, 0.1) is 5.92 Å². The monoisotopic (exact) mass is 278 g/mol. The molecule has 102 valence electrons. The van der Waals surface area contributed by atoms with Crippen LogP contribution in [-0.2, 0) is 11.2 Å². The predicted molar refractivity (Wildman–Crippen MR) is 76.0 cm³/mol. The molecule has 3 unspecified atom stereocenters. The van der Waals surface area contributed by atoms with Gasteiger partial charge in [-0.25, -0.2) is 0 Å². The third-order valence-corrected chi connectivity index (χ3v) is 5.18. The highest BCUT2D eigenvalue weighted by atomic mass is 35.5. The van der Waals surface area contributed by atoms with E-state index in [-0.39, 0.29) is 11.3 Å². The Hall–Kier alpha value is -1.02. The number of carboxylic acid groups (broad SMARTS) is 1. The number of aliphatic carboxylic acids is 1. The standard InChI is InChI=1S/C16H19ClO2/c17-15-4-2-1-3-13(15)11-5-7-12-10(9-11)6-8-14(12)16(18)19/h5,7,9,13-15H,1-4,6,8H2,(H,18,19). The molecule has 2 aliphatic carbocycles. The highest BCUT2D eigenvalue weighted by Gasteiger charge is 2.30. The van der Waals surface area contributed by atoms with Crippen molar-refractivity contribution in [3.8, 4) is 0 Å². The van der Waals surface area contributed by atoms with Crippen LogP contribution in [-0.4, -0.2) is 16.5 Å². The van der Waals surface area contributed by atoms with Crippen LogP contribution in [0.3, 0.4) is 0 Å². The van der Waals surface area contributed by atoms with Crippen LogP contribution in [0.4, 0.5) is 0 Å². The van der Waals surface area contributed by atoms with Gasteiger partial charge in [-0.1, -0.05) is 31.0 Å². The number of carboxylic acids is 1. The quantitative estimate of drug-likeness (QED) is 0.828. The lowest BCUT2D eigenvalue weighted by atomic mass is 9.82. The zero-order valence-electron chi connectivity index (χ0n) is 10.9. The van der Waals surface area contributed by atoms with Crippen molar-refractivity contribution in [3.63, 3.8) is 0 Å². The number of carbonyl (C=O) groups is 1. The van der Waals surface area contributed by atoms with E-state index >= 15 is 0 Å². The van der Waals surface area contributed by atoms with Crippen LogP contribution in [0.5, 0.6) is 0 Å². The maximum atomic E-state index is 11.2. The summed E-state index contributed by atoms with van der Waals surface area (Å²) < 4.78 is 0. The summed E-state index contributed by atoms with van der Waals surface area (Å²) in [5.74, 6) is -0.550. The van der Waals surface area contributed by atoms with Crippen molar-refractivity contribution in [1.29, 1.82) is 0 Å². The van der Waals surface area contributed by atoms with Crippen molar-refractivity contribution in [2.45, 2.75) is 55.7 Å². The van der Waals surface area contributed by atoms with E-state index in [1.807, 2.05) is 6.07 Å². The normalized spacial score (nSPS) is 30.1. The summed E-state index contributed by atoms with van der Waals surface area (Å²) in [7, 11) is 0. The van der Waals surface area contributed by atoms with Crippen LogP contribution in [0.2, 0.25) is 0 Å². The molecule has 19 heavy (non-hydrogen) atoms. The van der Waals surface area contributed by atoms with Gasteiger partial charge in [0.25, 0.3) is 0 Å². The molecular formula is C16H19ClO2. The molecule has 0 heterocycles. The minimum Gasteiger partial charge on any atom is -0.481 e. The Morgan fingerprint density at radius 3 is 2.74 bits per heavy atom. The Labute approximate surface area is 118 Å². The van der Waals surface area contributed by atoms with Gasteiger partial charge in [-0.15, -0.1) is 11.6 Å². The number of benzene rings is 1. The lowest BCUT2D eigenvalue weighted by Gasteiger charge is -2.27. The number of fused-ring (bicyclic) bond motifs is 1. The van der Waals surface area contributed by atoms with Crippen LogP contribution in [0.1, 0.15) is 60.6 Å². The fourth-order valence-electron chi connectivity index (χ4n) is 3.59. The molecule has 0 bridgehead atoms. The highest BCUT2D eigenvalue weighted by Crippen LogP contribution is 2.40. The van der Waals surface area contributed by atoms with E-state index in [9.17, 15) is 9.90 Å². The largest absolute Gasteiger partial charge is 0.481 e. The smallest absolute Gasteiger partial charge is 0.310 e. The summed E-state index contributed by atoms with van der Waals surface area (Å²) in [5.41, 5.74) is 3.54. The van der Waals surface area contributed by atoms with Gasteiger partial charge in [0, 0.05) is 11.3 Å². The van der Waals surface area contributed by atoms with Crippen LogP contribution in [0.25, 0.3) is 0 Å². The lowest BCUT2D eigenvalue weighted by Crippen LogP contribution is -2.18. The molecule has 2 nitrogen and oxygen atoms in total. The van der Waals surface area contributed by atoms with Gasteiger partial charge < -0.3 is 5.11 Å². The average Bonchev–Trinajstić information content (AvgIpc) is 2.82. The molecule has 0 amide bonds. The van der Waals surface area contributed by atoms with Crippen LogP contribution < -0.4 is 0 Å². The Kier molecular flexibility index (Phi) is 3.53. The minimum atomic E-state index is -0.695. The SMILES string of the molecule is O=C(O)C1CCc2cc(C3CCCCC3Cl)ccc21. The van der Waals surface area contributed by atoms with Crippen molar-refractivity contribution in [3.05, 3.63) is 34.9 Å². The minimum absolute atomic E-state index is 0.239. The molecular weight excluding hydrogens is 260 g/mol. The fourth-order valence-corrected chi connectivity index (χ4v) is 4.01. The van der Waals surface area contributed by atoms with Crippen LogP contribution in [0.15, 0.2) is 18.2 Å². The second kappa shape index (κ2) is 5.16. The Morgan fingerprint density at radius 1 is 1.21 bits per heavy atom. The van der Waals surface area contributed by atoms with Crippen molar-refractivity contribution in [2.75, 3.05) is 0 Å². The first-order valence-corrected chi connectivity index (χ1v) is 7.60. The summed E-state index contributed by atoms with van der Waals surface area (Å²) in [5, 5.41) is 9.44. The molecule has 1 saturated carbocycles. The van der Waals surface area contributed by atoms with E-state index in [4.69, 9.17) is 11.6 Å². The molecule has 0 spiro atoms. The number of halogens is 1. The summed E-state index contributed by atoms with van der Waals surface area (Å²) in [6.07, 6.45) is 6.37. The second-order valence-electron chi connectivity index (χ2n) is 5.79. The first kappa shape index (κ1) is 13.0. The number of aryl methyl sites for hydroxylation is 1. The van der Waals surface area contributed by atoms with Crippen molar-refractivity contribution < 1.29 is 9.90 Å². The van der Waals surface area contributed by atoms with E-state index in [2.05, 4.69) is 12.1 Å². The summed E-state index contributed by atoms with van der Waals surface area (Å²) in [4.78, 5) is 11.2. The van der Waals surface area contributed by atoms with E-state index in [0.29, 0.717) is 5.92 Å². The van der Waals surface area contributed by atoms with Crippen LogP contribution >= 0.6 is 11.6 Å². The summed E-state index contributed by atoms with van der Waals surface area (Å²) in [6.45, 7) is 0. The second-order valence-corrected chi connectivity index (χ2v) is 6.36. The number of hydrogen-bond donors (Lipinski definition) is 1. The molecule has 0 aliphatic heterocycles. The number of hydrogen-bond acceptors (Lipinski definition) is 1. The highest BCUT2D eigenvalue weighted by molar-refractivity contribution is 6.21. The molecule has 0 radical (unpaired) electrons. The van der Waals surface area contributed by atoms with Gasteiger partial charge in [-0.3, -0.25) is 4.79 Å². The maximum absolute atomic E-state index is 11.2. The zero-order valence-corrected chi connectivity index (χ0v) is 11.7. The number of rotatable bonds is 2. The number of alkyl halides is 1. The molecule has 3 heteroatoms. The van der Waals surface area contributed by atoms with Crippen molar-refractivity contribution >= 4 is 17.6 Å². The Bertz CT molecular complexity index is 498. The van der Waals surface area contributed by atoms with E-state index < -0.39 is 5.97 Å². The molecule has 0 saturated heterocycles. The van der Waals surface area contributed by atoms with Crippen LogP contribution in [0, 0.1) is 0 Å². The third-order valence-electron chi connectivity index (χ3n) is 4.65. The molecule has 1 aromatic carbocycles. The van der Waals surface area contributed by atoms with Gasteiger partial charge in [0.2, 0.25) is 0 Å². The molecule has 2 aliphatic rings. The first-order chi connectivity index (χ1) is 9.16. The van der Waals surface area contributed by atoms with E-state index in [1.165, 1.54) is 24.0 Å². The van der Waals surface area contributed by atoms with Crippen molar-refractivity contribution in [1.82, 2.24) is 0 Å². The summed E-state index contributed by atoms with van der Waals surface area (Å²) in [6, 6.07) is 6.34. The molecule has 3 atom stereocenters. The molecule has 1 fully saturated rings. The first-order valence-electron chi connectivity index (χ1n) is 7.16. The van der Waals surface area contributed by atoms with Gasteiger partial charge in [0.1, 0.15) is 0 Å². The van der Waals surface area contributed by atoms with Gasteiger partial charge in [0.15, 0.2) is 0 Å². The molecule has 0 aromatic heterocycles. The Balaban J connectivity index is 1.88. The summed E-state index contributed by atoms with van der Waals surface area (Å²) >= 11 is 6.45. The maximum Gasteiger partial charge on any atom is 0.310 e. The lowest BCUT2D eigenvalue weighted by molar-refractivity contribution is -0.138. The van der Waals surface area contributed by atoms with Crippen molar-refractivity contribution in [2.24, 2.45) is 0 Å². The van der Waals surface area contributed by atoms with Gasteiger partial charge >= 0.3 is 5.97 Å². The topological polar surface area (TPSA) is 37.3 Å². The predicted octanol–water partition coefficient (Wildman–Crippen LogP) is 4.07. The van der Waals surface area contributed by atoms with E-state index in [1.54, 1.807) is 0 Å². The van der Waals surface area contributed by atoms with E-state index in [0.717, 1.165) is 31.2 Å². The third kappa shape index (κ3) is 2.38. The average molecular weight is 279 g/mol. The van der Waals surface area contributed by atoms with Gasteiger partial charge in [-0.05, 0) is 42.4 Å².